The van der Waals surface area contributed by atoms with Crippen LogP contribution in [0.4, 0.5) is 0 Å². The number of aliphatic carboxylic acids is 1. The van der Waals surface area contributed by atoms with Gasteiger partial charge in [0.2, 0.25) is 41.4 Å². The van der Waals surface area contributed by atoms with Gasteiger partial charge in [-0.25, -0.2) is 9.78 Å². The molecule has 8 atom stereocenters. The summed E-state index contributed by atoms with van der Waals surface area (Å²) in [4.78, 5) is 125. The second kappa shape index (κ2) is 25.8. The van der Waals surface area contributed by atoms with Crippen molar-refractivity contribution in [1.29, 1.82) is 0 Å². The molecule has 7 amide bonds. The second-order valence-corrected chi connectivity index (χ2v) is 20.2. The largest absolute Gasteiger partial charge is 0.508 e. The van der Waals surface area contributed by atoms with E-state index in [0.717, 1.165) is 0 Å². The molecule has 3 aliphatic heterocycles. The van der Waals surface area contributed by atoms with E-state index in [2.05, 4.69) is 46.9 Å². The second-order valence-electron chi connectivity index (χ2n) is 17.5. The highest BCUT2D eigenvalue weighted by atomic mass is 33.1. The molecule has 0 saturated carbocycles. The van der Waals surface area contributed by atoms with Gasteiger partial charge in [0.1, 0.15) is 48.0 Å². The molecule has 71 heavy (non-hydrogen) atoms. The summed E-state index contributed by atoms with van der Waals surface area (Å²) >= 11 is 0. The van der Waals surface area contributed by atoms with Crippen molar-refractivity contribution in [2.75, 3.05) is 39.0 Å². The maximum atomic E-state index is 14.6. The van der Waals surface area contributed by atoms with Crippen LogP contribution in [0.2, 0.25) is 0 Å². The number of nitrogens with one attached hydrogen (secondary N) is 7. The van der Waals surface area contributed by atoms with Crippen LogP contribution in [-0.4, -0.2) is 170 Å². The lowest BCUT2D eigenvalue weighted by atomic mass is 10.0. The number of carboxylic acid groups (broad SMARTS) is 1. The van der Waals surface area contributed by atoms with Crippen LogP contribution < -0.4 is 43.4 Å². The number of aromatic hydroxyl groups is 1. The first kappa shape index (κ1) is 53.5. The van der Waals surface area contributed by atoms with E-state index in [0.29, 0.717) is 29.7 Å². The minimum atomic E-state index is -1.30. The van der Waals surface area contributed by atoms with E-state index >= 15 is 0 Å². The summed E-state index contributed by atoms with van der Waals surface area (Å²) in [7, 11) is 4.13. The van der Waals surface area contributed by atoms with E-state index in [1.165, 1.54) is 56.0 Å². The lowest BCUT2D eigenvalue weighted by molar-refractivity contribution is -0.145. The zero-order valence-corrected chi connectivity index (χ0v) is 40.7. The minimum Gasteiger partial charge on any atom is -0.508 e. The zero-order valence-electron chi connectivity index (χ0n) is 39.1. The lowest BCUT2D eigenvalue weighted by Gasteiger charge is -2.31. The van der Waals surface area contributed by atoms with E-state index in [4.69, 9.17) is 11.5 Å². The highest BCUT2D eigenvalue weighted by Gasteiger charge is 2.45. The molecule has 2 bridgehead atoms. The van der Waals surface area contributed by atoms with Crippen molar-refractivity contribution in [3.8, 4) is 5.75 Å². The number of likely N-dealkylation sites (N-methyl/N-ethyl adjacent to an activating group) is 1. The van der Waals surface area contributed by atoms with E-state index in [1.807, 2.05) is 0 Å². The molecule has 3 aromatic rings. The molecule has 1 aromatic heterocycles. The molecular weight excluding hydrogens is 959 g/mol. The third-order valence-corrected chi connectivity index (χ3v) is 15.0. The molecule has 0 aliphatic carbocycles. The smallest absolute Gasteiger partial charge is 0.326 e. The van der Waals surface area contributed by atoms with Crippen LogP contribution in [0.3, 0.4) is 0 Å². The number of nitrogens with two attached hydrogens (primary N) is 2. The fourth-order valence-electron chi connectivity index (χ4n) is 8.64. The molecule has 3 fully saturated rings. The normalized spacial score (nSPS) is 21.5. The number of carboxylic acids is 1. The van der Waals surface area contributed by atoms with Gasteiger partial charge in [-0.2, -0.15) is 0 Å². The highest BCUT2D eigenvalue weighted by molar-refractivity contribution is 8.77. The van der Waals surface area contributed by atoms with Crippen molar-refractivity contribution in [2.45, 2.75) is 98.9 Å². The van der Waals surface area contributed by atoms with E-state index in [9.17, 15) is 48.6 Å². The number of aliphatic imine (C=N–C) groups is 1. The lowest BCUT2D eigenvalue weighted by Crippen LogP contribution is -2.60. The number of benzene rings is 2. The van der Waals surface area contributed by atoms with Crippen LogP contribution in [0.15, 0.2) is 72.1 Å². The van der Waals surface area contributed by atoms with Gasteiger partial charge in [0, 0.05) is 61.8 Å². The SMILES string of the molecule is CNCC(=O)N[C@@H](CCCN=C(N)N)C(=O)N1C[C@@H]2C[C@H]1C(=O)NC(Cc1ccc(O)cc1)C(=O)N[C@H](C(=O)N[C@@H](Cc1cnc[nH]1)C(=O)N1CCC[C@H]1C(=O)N[C@@H](Cc1ccccc1)C(=O)O)CSS2. The van der Waals surface area contributed by atoms with Gasteiger partial charge in [-0.05, 0) is 62.4 Å². The maximum absolute atomic E-state index is 14.6. The summed E-state index contributed by atoms with van der Waals surface area (Å²) < 4.78 is 0. The molecule has 0 radical (unpaired) electrons. The minimum absolute atomic E-state index is 0.0157. The quantitative estimate of drug-likeness (QED) is 0.0260. The van der Waals surface area contributed by atoms with Crippen molar-refractivity contribution in [1.82, 2.24) is 51.7 Å². The first-order valence-electron chi connectivity index (χ1n) is 23.2. The molecule has 382 valence electrons. The predicted molar refractivity (Wildman–Crippen MR) is 264 cm³/mol. The summed E-state index contributed by atoms with van der Waals surface area (Å²) in [6.45, 7) is 0.357. The molecule has 1 unspecified atom stereocenters. The van der Waals surface area contributed by atoms with E-state index in [-0.39, 0.29) is 87.4 Å². The number of likely N-dealkylation sites (tertiary alicyclic amines) is 2. The van der Waals surface area contributed by atoms with Crippen LogP contribution in [0, 0.1) is 0 Å². The summed E-state index contributed by atoms with van der Waals surface area (Å²) in [5.74, 6) is -5.79. The third-order valence-electron chi connectivity index (χ3n) is 12.2. The van der Waals surface area contributed by atoms with Crippen LogP contribution in [0.5, 0.6) is 5.75 Å². The molecular formula is C46H61N13O10S2. The number of hydrogen-bond donors (Lipinski definition) is 11. The number of rotatable bonds is 20. The van der Waals surface area contributed by atoms with Crippen LogP contribution in [-0.2, 0) is 57.6 Å². The number of imidazole rings is 1. The Morgan fingerprint density at radius 1 is 0.887 bits per heavy atom. The molecule has 13 N–H and O–H groups in total. The number of amides is 7. The number of hydrogen-bond acceptors (Lipinski definition) is 14. The highest BCUT2D eigenvalue weighted by Crippen LogP contribution is 2.37. The zero-order chi connectivity index (χ0) is 51.0. The topological polar surface area (TPSA) is 349 Å². The number of phenols is 1. The van der Waals surface area contributed by atoms with Crippen molar-refractivity contribution < 1.29 is 48.6 Å². The Morgan fingerprint density at radius 3 is 2.31 bits per heavy atom. The molecule has 0 spiro atoms. The van der Waals surface area contributed by atoms with E-state index < -0.39 is 89.6 Å². The van der Waals surface area contributed by atoms with Crippen LogP contribution >= 0.6 is 21.6 Å². The summed E-state index contributed by atoms with van der Waals surface area (Å²) in [6.07, 6.45) is 4.08. The number of phenolic OH excluding ortho intramolecular Hbond substituents is 1. The molecule has 2 aromatic carbocycles. The monoisotopic (exact) mass is 1020 g/mol. The predicted octanol–water partition coefficient (Wildman–Crippen LogP) is -1.72. The molecule has 3 saturated heterocycles. The van der Waals surface area contributed by atoms with Gasteiger partial charge in [0.15, 0.2) is 5.96 Å². The Morgan fingerprint density at radius 2 is 1.62 bits per heavy atom. The standard InChI is InChI=1S/C46H61N13O10S2/c1-49-22-38(61)53-31(9-5-15-51-46(47)48)43(66)59-23-30-20-37(59)42(65)54-32(17-27-11-13-29(60)14-12-27)39(62)57-35(24-70-71-30)40(63)55-33(19-28-21-50-25-52-28)44(67)58-16-6-10-36(58)41(64)56-34(45(68)69)18-26-7-3-2-4-8-26/h2-4,7-8,11-14,21,25,30-37,49,60H,5-6,9-10,15-20,22-24H2,1H3,(H,50,52)(H,53,61)(H,54,65)(H,55,63)(H,56,64)(H,57,62)(H,68,69)(H4,47,48,51)/t30-,31-,32?,33-,34-,35-,36-,37-/m0/s1. The van der Waals surface area contributed by atoms with Crippen LogP contribution in [0.1, 0.15) is 48.9 Å². The van der Waals surface area contributed by atoms with Crippen LogP contribution in [0.25, 0.3) is 0 Å². The van der Waals surface area contributed by atoms with Gasteiger partial charge in [-0.3, -0.25) is 38.6 Å². The first-order chi connectivity index (χ1) is 34.1. The number of guanidine groups is 1. The summed E-state index contributed by atoms with van der Waals surface area (Å²) in [6, 6.07) is 6.55. The number of H-pyrrole nitrogens is 1. The summed E-state index contributed by atoms with van der Waals surface area (Å²) in [5, 5.41) is 36.2. The van der Waals surface area contributed by atoms with Gasteiger partial charge in [0.25, 0.3) is 0 Å². The number of nitrogens with zero attached hydrogens (tertiary/aromatic N) is 4. The number of fused-ring (bicyclic) bond motifs is 2. The molecule has 23 nitrogen and oxygen atoms in total. The molecule has 6 rings (SSSR count). The first-order valence-corrected chi connectivity index (χ1v) is 25.6. The van der Waals surface area contributed by atoms with Gasteiger partial charge < -0.3 is 68.4 Å². The van der Waals surface area contributed by atoms with Gasteiger partial charge in [0.05, 0.1) is 12.9 Å². The van der Waals surface area contributed by atoms with Crippen molar-refractivity contribution >= 4 is 74.9 Å². The van der Waals surface area contributed by atoms with Crippen molar-refractivity contribution in [3.05, 3.63) is 83.9 Å². The number of aromatic nitrogens is 2. The third kappa shape index (κ3) is 15.3. The Kier molecular flexibility index (Phi) is 19.5. The number of carbonyl (C=O) groups is 8. The van der Waals surface area contributed by atoms with Gasteiger partial charge in [-0.15, -0.1) is 0 Å². The summed E-state index contributed by atoms with van der Waals surface area (Å²) in [5.41, 5.74) is 12.7. The fourth-order valence-corrected chi connectivity index (χ4v) is 11.4. The molecule has 4 heterocycles. The Hall–Kier alpha value is -6.86. The Balaban J connectivity index is 1.23. The molecule has 3 aliphatic rings. The average Bonchev–Trinajstić information content (AvgIpc) is 4.14. The van der Waals surface area contributed by atoms with Crippen molar-refractivity contribution in [3.63, 3.8) is 0 Å². The Labute approximate surface area is 417 Å². The van der Waals surface area contributed by atoms with Gasteiger partial charge in [-0.1, -0.05) is 64.1 Å². The Bertz CT molecular complexity index is 2380. The number of carbonyl (C=O) groups excluding carboxylic acids is 7. The number of aromatic amines is 1. The fraction of sp³-hybridized carbons (Fsp3) is 0.478. The van der Waals surface area contributed by atoms with E-state index in [1.54, 1.807) is 49.5 Å². The average molecular weight is 1020 g/mol. The maximum Gasteiger partial charge on any atom is 0.326 e. The van der Waals surface area contributed by atoms with Gasteiger partial charge >= 0.3 is 5.97 Å². The van der Waals surface area contributed by atoms with Crippen molar-refractivity contribution in [2.24, 2.45) is 16.5 Å². The molecule has 25 heteroatoms.